The molecule has 0 unspecified atom stereocenters. The zero-order valence-corrected chi connectivity index (χ0v) is 12.1. The second-order valence-electron chi connectivity index (χ2n) is 5.35. The Kier molecular flexibility index (Phi) is 4.19. The lowest BCUT2D eigenvalue weighted by atomic mass is 9.97. The van der Waals surface area contributed by atoms with Crippen LogP contribution in [0, 0.1) is 0 Å². The number of pyridine rings is 1. The van der Waals surface area contributed by atoms with E-state index in [2.05, 4.69) is 19.9 Å². The molecule has 6 heteroatoms. The standard InChI is InChI=1S/C14H19ClN4O/c15-14-7-11-12(8-17-14)19(9-18-11)6-2-3-10-13(20)4-1-5-16-10/h7-10,13,16,20H,1-6H2/t10-,13+/m1/s1. The smallest absolute Gasteiger partial charge is 0.131 e. The highest BCUT2D eigenvalue weighted by atomic mass is 35.5. The fraction of sp³-hybridized carbons (Fsp3) is 0.571. The molecule has 0 spiro atoms. The molecular formula is C14H19ClN4O. The largest absolute Gasteiger partial charge is 0.392 e. The van der Waals surface area contributed by atoms with Crippen molar-refractivity contribution in [1.29, 1.82) is 0 Å². The summed E-state index contributed by atoms with van der Waals surface area (Å²) in [5.74, 6) is 0. The number of piperidine rings is 1. The maximum atomic E-state index is 9.92. The summed E-state index contributed by atoms with van der Waals surface area (Å²) in [6, 6.07) is 2.01. The monoisotopic (exact) mass is 294 g/mol. The topological polar surface area (TPSA) is 63.0 Å². The molecular weight excluding hydrogens is 276 g/mol. The number of nitrogens with zero attached hydrogens (tertiary/aromatic N) is 3. The van der Waals surface area contributed by atoms with Crippen LogP contribution in [-0.4, -0.2) is 38.3 Å². The van der Waals surface area contributed by atoms with Crippen LogP contribution < -0.4 is 5.32 Å². The molecule has 20 heavy (non-hydrogen) atoms. The quantitative estimate of drug-likeness (QED) is 0.847. The Balaban J connectivity index is 1.59. The molecule has 3 heterocycles. The first kappa shape index (κ1) is 13.8. The Labute approximate surface area is 123 Å². The van der Waals surface area contributed by atoms with E-state index in [0.29, 0.717) is 5.15 Å². The first-order valence-electron chi connectivity index (χ1n) is 7.12. The number of aliphatic hydroxyl groups is 1. The molecule has 3 rings (SSSR count). The van der Waals surface area contributed by atoms with Crippen LogP contribution >= 0.6 is 11.6 Å². The number of fused-ring (bicyclic) bond motifs is 1. The fourth-order valence-electron chi connectivity index (χ4n) is 2.82. The minimum absolute atomic E-state index is 0.205. The summed E-state index contributed by atoms with van der Waals surface area (Å²) in [6.07, 6.45) is 7.34. The molecule has 2 atom stereocenters. The van der Waals surface area contributed by atoms with Gasteiger partial charge in [-0.2, -0.15) is 0 Å². The van der Waals surface area contributed by atoms with Crippen molar-refractivity contribution in [3.05, 3.63) is 23.7 Å². The molecule has 1 saturated heterocycles. The van der Waals surface area contributed by atoms with E-state index in [4.69, 9.17) is 11.6 Å². The van der Waals surface area contributed by atoms with Gasteiger partial charge < -0.3 is 15.0 Å². The molecule has 0 radical (unpaired) electrons. The number of hydrogen-bond donors (Lipinski definition) is 2. The van der Waals surface area contributed by atoms with E-state index in [9.17, 15) is 5.11 Å². The summed E-state index contributed by atoms with van der Waals surface area (Å²) in [5, 5.41) is 13.8. The molecule has 1 aliphatic heterocycles. The van der Waals surface area contributed by atoms with Crippen molar-refractivity contribution in [2.24, 2.45) is 0 Å². The van der Waals surface area contributed by atoms with Gasteiger partial charge in [0.05, 0.1) is 29.7 Å². The summed E-state index contributed by atoms with van der Waals surface area (Å²) < 4.78 is 2.09. The number of aromatic nitrogens is 3. The first-order valence-corrected chi connectivity index (χ1v) is 7.49. The van der Waals surface area contributed by atoms with Gasteiger partial charge in [0.2, 0.25) is 0 Å². The molecule has 0 aromatic carbocycles. The van der Waals surface area contributed by atoms with Gasteiger partial charge >= 0.3 is 0 Å². The molecule has 0 amide bonds. The number of aliphatic hydroxyl groups excluding tert-OH is 1. The van der Waals surface area contributed by atoms with Crippen LogP contribution in [-0.2, 0) is 6.54 Å². The van der Waals surface area contributed by atoms with Gasteiger partial charge in [0, 0.05) is 18.7 Å². The van der Waals surface area contributed by atoms with Crippen molar-refractivity contribution >= 4 is 22.6 Å². The molecule has 108 valence electrons. The highest BCUT2D eigenvalue weighted by Gasteiger charge is 2.21. The molecule has 0 saturated carbocycles. The van der Waals surface area contributed by atoms with Crippen LogP contribution in [0.2, 0.25) is 5.15 Å². The van der Waals surface area contributed by atoms with E-state index in [1.165, 1.54) is 0 Å². The second kappa shape index (κ2) is 6.08. The number of rotatable bonds is 4. The maximum absolute atomic E-state index is 9.92. The molecule has 0 bridgehead atoms. The van der Waals surface area contributed by atoms with Crippen LogP contribution in [0.3, 0.4) is 0 Å². The minimum atomic E-state index is -0.205. The van der Waals surface area contributed by atoms with Crippen LogP contribution in [0.5, 0.6) is 0 Å². The average molecular weight is 295 g/mol. The Morgan fingerprint density at radius 3 is 3.20 bits per heavy atom. The average Bonchev–Trinajstić information content (AvgIpc) is 2.83. The molecule has 1 aliphatic rings. The highest BCUT2D eigenvalue weighted by molar-refractivity contribution is 6.29. The number of aryl methyl sites for hydroxylation is 1. The van der Waals surface area contributed by atoms with Gasteiger partial charge in [-0.15, -0.1) is 0 Å². The number of halogens is 1. The van der Waals surface area contributed by atoms with E-state index in [0.717, 1.165) is 49.8 Å². The SMILES string of the molecule is O[C@H]1CCCN[C@@H]1CCCn1cnc2cc(Cl)ncc21. The predicted octanol–water partition coefficient (Wildman–Crippen LogP) is 1.98. The lowest BCUT2D eigenvalue weighted by Gasteiger charge is -2.28. The van der Waals surface area contributed by atoms with Crippen molar-refractivity contribution < 1.29 is 5.11 Å². The third-order valence-corrected chi connectivity index (χ3v) is 4.14. The van der Waals surface area contributed by atoms with Crippen LogP contribution in [0.1, 0.15) is 25.7 Å². The molecule has 1 fully saturated rings. The van der Waals surface area contributed by atoms with Gasteiger partial charge in [-0.05, 0) is 32.2 Å². The van der Waals surface area contributed by atoms with E-state index in [1.807, 2.05) is 6.33 Å². The molecule has 5 nitrogen and oxygen atoms in total. The minimum Gasteiger partial charge on any atom is -0.392 e. The van der Waals surface area contributed by atoms with Crippen molar-refractivity contribution in [1.82, 2.24) is 19.9 Å². The number of nitrogens with one attached hydrogen (secondary N) is 1. The maximum Gasteiger partial charge on any atom is 0.131 e. The van der Waals surface area contributed by atoms with E-state index < -0.39 is 0 Å². The van der Waals surface area contributed by atoms with Gasteiger partial charge in [0.1, 0.15) is 5.15 Å². The van der Waals surface area contributed by atoms with Gasteiger partial charge in [-0.1, -0.05) is 11.6 Å². The van der Waals surface area contributed by atoms with Crippen LogP contribution in [0.25, 0.3) is 11.0 Å². The summed E-state index contributed by atoms with van der Waals surface area (Å²) in [7, 11) is 0. The number of hydrogen-bond acceptors (Lipinski definition) is 4. The molecule has 2 aromatic rings. The zero-order valence-electron chi connectivity index (χ0n) is 11.3. The second-order valence-corrected chi connectivity index (χ2v) is 5.73. The van der Waals surface area contributed by atoms with Gasteiger partial charge in [0.25, 0.3) is 0 Å². The summed E-state index contributed by atoms with van der Waals surface area (Å²) in [4.78, 5) is 8.44. The summed E-state index contributed by atoms with van der Waals surface area (Å²) in [6.45, 7) is 1.89. The van der Waals surface area contributed by atoms with Gasteiger partial charge in [-0.25, -0.2) is 9.97 Å². The third-order valence-electron chi connectivity index (χ3n) is 3.94. The highest BCUT2D eigenvalue weighted by Crippen LogP contribution is 2.17. The Hall–Kier alpha value is -1.17. The Morgan fingerprint density at radius 1 is 1.45 bits per heavy atom. The van der Waals surface area contributed by atoms with Gasteiger partial charge in [0.15, 0.2) is 0 Å². The van der Waals surface area contributed by atoms with Crippen molar-refractivity contribution in [3.63, 3.8) is 0 Å². The predicted molar refractivity (Wildman–Crippen MR) is 78.8 cm³/mol. The molecule has 2 aromatic heterocycles. The summed E-state index contributed by atoms with van der Waals surface area (Å²) in [5.41, 5.74) is 1.88. The van der Waals surface area contributed by atoms with E-state index >= 15 is 0 Å². The fourth-order valence-corrected chi connectivity index (χ4v) is 2.97. The first-order chi connectivity index (χ1) is 9.74. The zero-order chi connectivity index (χ0) is 13.9. The molecule has 0 aliphatic carbocycles. The third kappa shape index (κ3) is 2.95. The lowest BCUT2D eigenvalue weighted by molar-refractivity contribution is 0.0909. The lowest BCUT2D eigenvalue weighted by Crippen LogP contribution is -2.44. The van der Waals surface area contributed by atoms with Gasteiger partial charge in [-0.3, -0.25) is 0 Å². The van der Waals surface area contributed by atoms with E-state index in [1.54, 1.807) is 12.3 Å². The van der Waals surface area contributed by atoms with Crippen molar-refractivity contribution in [2.45, 2.75) is 44.4 Å². The number of imidazole rings is 1. The normalized spacial score (nSPS) is 23.3. The van der Waals surface area contributed by atoms with E-state index in [-0.39, 0.29) is 12.1 Å². The summed E-state index contributed by atoms with van der Waals surface area (Å²) >= 11 is 5.85. The van der Waals surface area contributed by atoms with Crippen molar-refractivity contribution in [3.8, 4) is 0 Å². The molecule has 2 N–H and O–H groups in total. The van der Waals surface area contributed by atoms with Crippen LogP contribution in [0.15, 0.2) is 18.6 Å². The Morgan fingerprint density at radius 2 is 2.35 bits per heavy atom. The Bertz CT molecular complexity index is 586. The van der Waals surface area contributed by atoms with Crippen LogP contribution in [0.4, 0.5) is 0 Å². The van der Waals surface area contributed by atoms with Crippen molar-refractivity contribution in [2.75, 3.05) is 6.54 Å².